The summed E-state index contributed by atoms with van der Waals surface area (Å²) in [7, 11) is 0. The van der Waals surface area contributed by atoms with Crippen molar-refractivity contribution in [3.8, 4) is 0 Å². The van der Waals surface area contributed by atoms with Gasteiger partial charge in [-0.1, -0.05) is 0 Å². The van der Waals surface area contributed by atoms with Gasteiger partial charge in [0.1, 0.15) is 0 Å². The highest BCUT2D eigenvalue weighted by Crippen LogP contribution is 2.26. The SMILES string of the molecule is CC(=O)OC(CO)C(OC(C)=O)C(OC(C)=O)C(OC(C)=O)C(=O)NCCN(CCNC(=O)C(OC(C)=O)C(OC(C)=O)C(OC(C)=O)C(CO)OC(C)=O)OCCCC1CN(CC(=O)O)CCN(CC(=O)O)C1N(CC(=O)O)CC(=O)O. The number of hydrogen-bond donors (Lipinski definition) is 8. The third-order valence-electron chi connectivity index (χ3n) is 11.3. The lowest BCUT2D eigenvalue weighted by Crippen LogP contribution is -2.57. The molecule has 0 aromatic carbocycles. The molecular weight excluding hydrogens is 1120 g/mol. The number of aliphatic hydroxyl groups excluding tert-OH is 2. The molecule has 0 spiro atoms. The number of aliphatic carboxylic acids is 4. The van der Waals surface area contributed by atoms with Crippen molar-refractivity contribution in [2.75, 3.05) is 91.8 Å². The van der Waals surface area contributed by atoms with E-state index in [0.717, 1.165) is 65.4 Å². The number of carbonyl (C=O) groups is 14. The molecule has 1 rings (SSSR count). The molecule has 83 heavy (non-hydrogen) atoms. The highest BCUT2D eigenvalue weighted by Gasteiger charge is 2.48. The van der Waals surface area contributed by atoms with Gasteiger partial charge in [0.15, 0.2) is 36.6 Å². The maximum atomic E-state index is 14.0. The zero-order chi connectivity index (χ0) is 63.3. The van der Waals surface area contributed by atoms with Crippen LogP contribution in [0.2, 0.25) is 0 Å². The van der Waals surface area contributed by atoms with Crippen molar-refractivity contribution in [1.29, 1.82) is 0 Å². The van der Waals surface area contributed by atoms with E-state index < -0.39 is 210 Å². The Balaban J connectivity index is 3.89. The first-order valence-electron chi connectivity index (χ1n) is 25.4. The van der Waals surface area contributed by atoms with Gasteiger partial charge in [0.05, 0.1) is 52.2 Å². The van der Waals surface area contributed by atoms with Crippen LogP contribution < -0.4 is 10.6 Å². The van der Waals surface area contributed by atoms with Crippen LogP contribution in [0.25, 0.3) is 0 Å². The Morgan fingerprint density at radius 1 is 0.494 bits per heavy atom. The lowest BCUT2D eigenvalue weighted by Gasteiger charge is -2.41. The maximum absolute atomic E-state index is 14.0. The zero-order valence-electron chi connectivity index (χ0n) is 46.9. The van der Waals surface area contributed by atoms with Crippen molar-refractivity contribution in [3.05, 3.63) is 0 Å². The second-order valence-corrected chi connectivity index (χ2v) is 18.4. The monoisotopic (exact) mass is 1200 g/mol. The van der Waals surface area contributed by atoms with Gasteiger partial charge in [0, 0.05) is 107 Å². The van der Waals surface area contributed by atoms with Gasteiger partial charge >= 0.3 is 71.6 Å². The van der Waals surface area contributed by atoms with Gasteiger partial charge in [0.25, 0.3) is 11.8 Å². The Morgan fingerprint density at radius 3 is 1.20 bits per heavy atom. The fourth-order valence-corrected chi connectivity index (χ4v) is 8.67. The molecule has 0 saturated carbocycles. The number of rotatable bonds is 38. The van der Waals surface area contributed by atoms with Gasteiger partial charge in [-0.3, -0.25) is 86.7 Å². The van der Waals surface area contributed by atoms with E-state index in [0.29, 0.717) is 0 Å². The van der Waals surface area contributed by atoms with Crippen LogP contribution >= 0.6 is 0 Å². The van der Waals surface area contributed by atoms with Crippen molar-refractivity contribution in [2.45, 2.75) is 123 Å². The molecule has 2 amide bonds. The van der Waals surface area contributed by atoms with Crippen LogP contribution in [0.1, 0.15) is 68.2 Å². The Kier molecular flexibility index (Phi) is 33.0. The highest BCUT2D eigenvalue weighted by molar-refractivity contribution is 5.85. The summed E-state index contributed by atoms with van der Waals surface area (Å²) < 4.78 is 41.5. The standard InChI is InChI=1S/C48H74N6O29/c1-25(57)76-34(23-55)40(78-27(3)59)42(80-29(5)61)44(82-31(7)63)46(73)49-11-13-54(14-12-50-47(74)45(83-32(8)64)43(81-30(6)62)41(79-28(4)60)35(24-56)77-26(2)58)75-17-9-10-33-18-51(19-36(65)66)15-16-52(20-37(67)68)48(33)53(21-38(69)70)22-39(71)72/h33-35,40-45,48,55-56H,9-24H2,1-8H3,(H,49,73)(H,50,74)(H,65,66)(H,67,68)(H,69,70)(H,71,72). The topological polar surface area (TPSA) is 480 Å². The average Bonchev–Trinajstić information content (AvgIpc) is 3.79. The Labute approximate surface area is 474 Å². The Morgan fingerprint density at radius 2 is 0.867 bits per heavy atom. The van der Waals surface area contributed by atoms with Crippen LogP contribution in [0, 0.1) is 5.92 Å². The molecular formula is C48H74N6O29. The van der Waals surface area contributed by atoms with Gasteiger partial charge in [0.2, 0.25) is 12.2 Å². The van der Waals surface area contributed by atoms with Gasteiger partial charge < -0.3 is 79.2 Å². The summed E-state index contributed by atoms with van der Waals surface area (Å²) in [6.07, 6.45) is -17.5. The third kappa shape index (κ3) is 28.7. The average molecular weight is 1200 g/mol. The van der Waals surface area contributed by atoms with Gasteiger partial charge in [-0.2, -0.15) is 5.06 Å². The molecule has 1 fully saturated rings. The fourth-order valence-electron chi connectivity index (χ4n) is 8.67. The minimum Gasteiger partial charge on any atom is -0.480 e. The van der Waals surface area contributed by atoms with Crippen LogP contribution in [0.5, 0.6) is 0 Å². The van der Waals surface area contributed by atoms with Crippen molar-refractivity contribution < 1.29 is 140 Å². The highest BCUT2D eigenvalue weighted by atomic mass is 16.7. The zero-order valence-corrected chi connectivity index (χ0v) is 46.9. The number of nitrogens with zero attached hydrogens (tertiary/aromatic N) is 4. The van der Waals surface area contributed by atoms with Crippen LogP contribution in [0.4, 0.5) is 0 Å². The number of nitrogens with one attached hydrogen (secondary N) is 2. The molecule has 470 valence electrons. The van der Waals surface area contributed by atoms with E-state index in [2.05, 4.69) is 10.6 Å². The predicted octanol–water partition coefficient (Wildman–Crippen LogP) is -5.13. The quantitative estimate of drug-likeness (QED) is 0.0124. The first kappa shape index (κ1) is 73.3. The fraction of sp³-hybridized carbons (Fsp3) is 0.708. The van der Waals surface area contributed by atoms with Crippen LogP contribution in [0.3, 0.4) is 0 Å². The van der Waals surface area contributed by atoms with Crippen LogP contribution in [-0.2, 0) is 110 Å². The number of carboxylic acid groups (broad SMARTS) is 4. The molecule has 0 aromatic heterocycles. The second kappa shape index (κ2) is 37.4. The molecule has 8 N–H and O–H groups in total. The van der Waals surface area contributed by atoms with E-state index >= 15 is 0 Å². The second-order valence-electron chi connectivity index (χ2n) is 18.4. The van der Waals surface area contributed by atoms with Gasteiger partial charge in [-0.15, -0.1) is 0 Å². The lowest BCUT2D eigenvalue weighted by atomic mass is 9.97. The third-order valence-corrected chi connectivity index (χ3v) is 11.3. The van der Waals surface area contributed by atoms with Crippen molar-refractivity contribution in [3.63, 3.8) is 0 Å². The first-order chi connectivity index (χ1) is 38.8. The van der Waals surface area contributed by atoms with Crippen molar-refractivity contribution in [2.24, 2.45) is 5.92 Å². The van der Waals surface area contributed by atoms with Crippen molar-refractivity contribution >= 4 is 83.4 Å². The summed E-state index contributed by atoms with van der Waals surface area (Å²) in [5, 5.41) is 65.3. The number of amides is 2. The summed E-state index contributed by atoms with van der Waals surface area (Å²) in [6.45, 7) is -0.580. The minimum atomic E-state index is -2.21. The smallest absolute Gasteiger partial charge is 0.317 e. The molecule has 0 radical (unpaired) electrons. The maximum Gasteiger partial charge on any atom is 0.317 e. The first-order valence-corrected chi connectivity index (χ1v) is 25.4. The van der Waals surface area contributed by atoms with Crippen LogP contribution in [0.15, 0.2) is 0 Å². The summed E-state index contributed by atoms with van der Waals surface area (Å²) in [5.74, 6) is -17.7. The molecule has 1 heterocycles. The molecule has 0 aliphatic carbocycles. The molecule has 0 bridgehead atoms. The molecule has 35 heteroatoms. The molecule has 1 aliphatic heterocycles. The molecule has 0 aromatic rings. The number of hydroxylamine groups is 2. The normalized spacial score (nSPS) is 17.4. The molecule has 10 unspecified atom stereocenters. The summed E-state index contributed by atoms with van der Waals surface area (Å²) >= 11 is 0. The Hall–Kier alpha value is -7.70. The Bertz CT molecular complexity index is 2150. The number of ether oxygens (including phenoxy) is 8. The number of aliphatic hydroxyl groups is 2. The lowest BCUT2D eigenvalue weighted by molar-refractivity contribution is -0.201. The predicted molar refractivity (Wildman–Crippen MR) is 269 cm³/mol. The number of carboxylic acids is 4. The summed E-state index contributed by atoms with van der Waals surface area (Å²) in [4.78, 5) is 184. The van der Waals surface area contributed by atoms with E-state index in [1.54, 1.807) is 0 Å². The largest absolute Gasteiger partial charge is 0.480 e. The number of hydrogen-bond acceptors (Lipinski definition) is 29. The molecule has 35 nitrogen and oxygen atoms in total. The van der Waals surface area contributed by atoms with E-state index in [4.69, 9.17) is 42.7 Å². The minimum absolute atomic E-state index is 0.0284. The number of esters is 8. The molecule has 1 saturated heterocycles. The van der Waals surface area contributed by atoms with Gasteiger partial charge in [-0.25, -0.2) is 0 Å². The molecule has 10 atom stereocenters. The number of carbonyl (C=O) groups excluding carboxylic acids is 10. The van der Waals surface area contributed by atoms with Crippen LogP contribution in [-0.4, -0.2) is 281 Å². The van der Waals surface area contributed by atoms with E-state index in [1.807, 2.05) is 0 Å². The van der Waals surface area contributed by atoms with Gasteiger partial charge in [-0.05, 0) is 12.8 Å². The van der Waals surface area contributed by atoms with E-state index in [9.17, 15) is 97.8 Å². The summed E-state index contributed by atoms with van der Waals surface area (Å²) in [5.41, 5.74) is 0. The molecule has 1 aliphatic rings. The van der Waals surface area contributed by atoms with E-state index in [1.165, 1.54) is 9.80 Å². The summed E-state index contributed by atoms with van der Waals surface area (Å²) in [6, 6.07) is 0. The van der Waals surface area contributed by atoms with Crippen molar-refractivity contribution in [1.82, 2.24) is 30.4 Å². The van der Waals surface area contributed by atoms with E-state index in [-0.39, 0.29) is 39.1 Å².